The minimum absolute atomic E-state index is 0.140. The number of rotatable bonds is 4. The van der Waals surface area contributed by atoms with Crippen LogP contribution in [-0.4, -0.2) is 18.3 Å². The van der Waals surface area contributed by atoms with Crippen LogP contribution >= 0.6 is 0 Å². The van der Waals surface area contributed by atoms with Gasteiger partial charge in [0.15, 0.2) is 0 Å². The third kappa shape index (κ3) is 5.48. The van der Waals surface area contributed by atoms with E-state index in [4.69, 9.17) is 9.31 Å². The smallest absolute Gasteiger partial charge is 0.399 e. The lowest BCUT2D eigenvalue weighted by molar-refractivity contribution is 0.00578. The summed E-state index contributed by atoms with van der Waals surface area (Å²) in [6.45, 7) is 18.0. The molecule has 8 aromatic carbocycles. The zero-order valence-corrected chi connectivity index (χ0v) is 35.3. The van der Waals surface area contributed by atoms with Gasteiger partial charge in [0.1, 0.15) is 0 Å². The zero-order valence-electron chi connectivity index (χ0n) is 35.3. The molecule has 11 rings (SSSR count). The van der Waals surface area contributed by atoms with Crippen molar-refractivity contribution in [1.82, 2.24) is 0 Å². The van der Waals surface area contributed by atoms with Crippen LogP contribution in [0.5, 0.6) is 0 Å². The van der Waals surface area contributed by atoms with Crippen LogP contribution in [0.2, 0.25) is 0 Å². The highest BCUT2D eigenvalue weighted by molar-refractivity contribution is 6.62. The second kappa shape index (κ2) is 12.4. The predicted molar refractivity (Wildman–Crippen MR) is 249 cm³/mol. The summed E-state index contributed by atoms with van der Waals surface area (Å²) in [5.41, 5.74) is 18.3. The van der Waals surface area contributed by atoms with Crippen molar-refractivity contribution in [2.75, 3.05) is 0 Å². The first kappa shape index (κ1) is 36.4. The highest BCUT2D eigenvalue weighted by Crippen LogP contribution is 2.53. The Kier molecular flexibility index (Phi) is 7.64. The van der Waals surface area contributed by atoms with Crippen molar-refractivity contribution >= 4 is 34.1 Å². The molecule has 0 spiro atoms. The van der Waals surface area contributed by atoms with Gasteiger partial charge in [-0.3, -0.25) is 0 Å². The van der Waals surface area contributed by atoms with E-state index in [9.17, 15) is 0 Å². The van der Waals surface area contributed by atoms with E-state index in [0.717, 1.165) is 5.46 Å². The van der Waals surface area contributed by atoms with E-state index in [-0.39, 0.29) is 29.2 Å². The highest BCUT2D eigenvalue weighted by Gasteiger charge is 2.52. The Labute approximate surface area is 349 Å². The lowest BCUT2D eigenvalue weighted by Crippen LogP contribution is -2.41. The molecule has 2 nitrogen and oxygen atoms in total. The van der Waals surface area contributed by atoms with Gasteiger partial charge in [-0.25, -0.2) is 0 Å². The Morgan fingerprint density at radius 1 is 0.322 bits per heavy atom. The summed E-state index contributed by atoms with van der Waals surface area (Å²) in [5.74, 6) is 0. The largest absolute Gasteiger partial charge is 0.494 e. The summed E-state index contributed by atoms with van der Waals surface area (Å²) in [4.78, 5) is 0. The molecule has 0 unspecified atom stereocenters. The Morgan fingerprint density at radius 2 is 0.644 bits per heavy atom. The van der Waals surface area contributed by atoms with E-state index in [0.29, 0.717) is 0 Å². The molecular formula is C56H49BO2. The molecule has 59 heavy (non-hydrogen) atoms. The van der Waals surface area contributed by atoms with E-state index in [1.807, 2.05) is 0 Å². The predicted octanol–water partition coefficient (Wildman–Crippen LogP) is 13.9. The zero-order chi connectivity index (χ0) is 40.6. The second-order valence-electron chi connectivity index (χ2n) is 19.3. The molecule has 3 heteroatoms. The van der Waals surface area contributed by atoms with Crippen LogP contribution in [0.3, 0.4) is 0 Å². The molecule has 1 aliphatic heterocycles. The van der Waals surface area contributed by atoms with Crippen molar-refractivity contribution in [2.45, 2.75) is 77.4 Å². The molecule has 8 aromatic rings. The quantitative estimate of drug-likeness (QED) is 0.166. The molecule has 3 aliphatic rings. The molecule has 0 N–H and O–H groups in total. The highest BCUT2D eigenvalue weighted by atomic mass is 16.7. The third-order valence-corrected chi connectivity index (χ3v) is 14.5. The number of fused-ring (bicyclic) bond motifs is 8. The summed E-state index contributed by atoms with van der Waals surface area (Å²) in [6.07, 6.45) is 0. The Morgan fingerprint density at radius 3 is 1.08 bits per heavy atom. The van der Waals surface area contributed by atoms with Crippen LogP contribution < -0.4 is 5.46 Å². The maximum Gasteiger partial charge on any atom is 0.494 e. The van der Waals surface area contributed by atoms with Gasteiger partial charge in [0, 0.05) is 10.8 Å². The van der Waals surface area contributed by atoms with Gasteiger partial charge < -0.3 is 9.31 Å². The van der Waals surface area contributed by atoms with Crippen LogP contribution in [0, 0.1) is 0 Å². The molecule has 1 fully saturated rings. The normalized spacial score (nSPS) is 17.5. The summed E-state index contributed by atoms with van der Waals surface area (Å²) in [6, 6.07) is 57.2. The van der Waals surface area contributed by atoms with Crippen LogP contribution in [-0.2, 0) is 20.1 Å². The second-order valence-corrected chi connectivity index (χ2v) is 19.3. The van der Waals surface area contributed by atoms with Gasteiger partial charge in [-0.15, -0.1) is 0 Å². The van der Waals surface area contributed by atoms with Gasteiger partial charge in [0.25, 0.3) is 0 Å². The van der Waals surface area contributed by atoms with Gasteiger partial charge in [-0.1, -0.05) is 143 Å². The van der Waals surface area contributed by atoms with Crippen molar-refractivity contribution < 1.29 is 9.31 Å². The Bertz CT molecular complexity index is 3060. The van der Waals surface area contributed by atoms with Crippen molar-refractivity contribution in [3.05, 3.63) is 174 Å². The van der Waals surface area contributed by atoms with Crippen LogP contribution in [0.15, 0.2) is 152 Å². The summed E-state index contributed by atoms with van der Waals surface area (Å²) >= 11 is 0. The standard InChI is InChI=1S/C56H49BO2/c1-53(2)49-30-41(40-18-17-38-28-37(15-16-39(38)29-40)36-14-13-34-11-9-10-12-35(34)27-36)19-23-45(49)46-24-20-42(31-50(46)53)43-21-25-47-48-26-22-44(33-52(48)54(3,4)51(47)32-43)57-58-55(5,6)56(7,8)59-57/h9-33H,1-8H3. The van der Waals surface area contributed by atoms with Gasteiger partial charge in [0.2, 0.25) is 0 Å². The van der Waals surface area contributed by atoms with Crippen molar-refractivity contribution in [1.29, 1.82) is 0 Å². The molecule has 2 aliphatic carbocycles. The van der Waals surface area contributed by atoms with Gasteiger partial charge in [-0.05, 0) is 169 Å². The van der Waals surface area contributed by atoms with Crippen molar-refractivity contribution in [3.63, 3.8) is 0 Å². The molecule has 0 atom stereocenters. The number of benzene rings is 8. The molecule has 0 radical (unpaired) electrons. The Hall–Kier alpha value is -5.74. The third-order valence-electron chi connectivity index (χ3n) is 14.5. The van der Waals surface area contributed by atoms with Crippen LogP contribution in [0.4, 0.5) is 0 Å². The van der Waals surface area contributed by atoms with E-state index in [1.165, 1.54) is 99.4 Å². The van der Waals surface area contributed by atoms with E-state index < -0.39 is 0 Å². The molecule has 0 amide bonds. The van der Waals surface area contributed by atoms with Crippen LogP contribution in [0.25, 0.3) is 77.2 Å². The SMILES string of the molecule is CC1(C)c2cc(B3OC(C)(C)C(C)(C)O3)ccc2-c2ccc(-c3ccc4c(c3)C(C)(C)c3cc(-c5ccc6cc(-c7ccc8ccccc8c7)ccc6c5)ccc3-4)cc21. The minimum atomic E-state index is -0.376. The van der Waals surface area contributed by atoms with E-state index in [2.05, 4.69) is 207 Å². The molecule has 288 valence electrons. The monoisotopic (exact) mass is 764 g/mol. The first-order chi connectivity index (χ1) is 28.2. The number of hydrogen-bond donors (Lipinski definition) is 0. The van der Waals surface area contributed by atoms with Crippen molar-refractivity contribution in [3.8, 4) is 55.6 Å². The van der Waals surface area contributed by atoms with Gasteiger partial charge in [0.05, 0.1) is 11.2 Å². The Balaban J connectivity index is 0.881. The minimum Gasteiger partial charge on any atom is -0.399 e. The van der Waals surface area contributed by atoms with Gasteiger partial charge in [-0.2, -0.15) is 0 Å². The molecule has 1 heterocycles. The maximum atomic E-state index is 6.46. The topological polar surface area (TPSA) is 18.5 Å². The fraction of sp³-hybridized carbons (Fsp3) is 0.214. The first-order valence-corrected chi connectivity index (χ1v) is 21.2. The van der Waals surface area contributed by atoms with E-state index in [1.54, 1.807) is 0 Å². The summed E-state index contributed by atoms with van der Waals surface area (Å²) < 4.78 is 12.9. The summed E-state index contributed by atoms with van der Waals surface area (Å²) in [7, 11) is -0.376. The fourth-order valence-electron chi connectivity index (χ4n) is 10.1. The maximum absolute atomic E-state index is 6.46. The molecule has 0 saturated carbocycles. The summed E-state index contributed by atoms with van der Waals surface area (Å²) in [5, 5.41) is 5.05. The number of hydrogen-bond acceptors (Lipinski definition) is 2. The average molecular weight is 765 g/mol. The molecule has 0 aromatic heterocycles. The lowest BCUT2D eigenvalue weighted by Gasteiger charge is -2.32. The first-order valence-electron chi connectivity index (χ1n) is 21.2. The average Bonchev–Trinajstić information content (AvgIpc) is 3.71. The lowest BCUT2D eigenvalue weighted by atomic mass is 9.74. The molecule has 1 saturated heterocycles. The molecule has 0 bridgehead atoms. The van der Waals surface area contributed by atoms with Gasteiger partial charge >= 0.3 is 7.12 Å². The molecular weight excluding hydrogens is 715 g/mol. The van der Waals surface area contributed by atoms with Crippen molar-refractivity contribution in [2.24, 2.45) is 0 Å². The fourth-order valence-corrected chi connectivity index (χ4v) is 10.1. The van der Waals surface area contributed by atoms with Crippen LogP contribution in [0.1, 0.15) is 77.6 Å². The van der Waals surface area contributed by atoms with E-state index >= 15 is 0 Å².